The molecular formula is C7H8N2O3S. The summed E-state index contributed by atoms with van der Waals surface area (Å²) in [6.07, 6.45) is 0. The molecule has 0 aromatic carbocycles. The van der Waals surface area contributed by atoms with Crippen LogP contribution in [0.15, 0.2) is 6.07 Å². The Morgan fingerprint density at radius 1 is 1.69 bits per heavy atom. The highest BCUT2D eigenvalue weighted by atomic mass is 32.1. The molecular weight excluding hydrogens is 192 g/mol. The number of thiophene rings is 1. The topological polar surface area (TPSA) is 72.2 Å². The normalized spacial score (nSPS) is 9.69. The van der Waals surface area contributed by atoms with Crippen LogP contribution in [0.2, 0.25) is 0 Å². The average molecular weight is 200 g/mol. The van der Waals surface area contributed by atoms with Crippen molar-refractivity contribution in [2.75, 3.05) is 7.05 Å². The van der Waals surface area contributed by atoms with E-state index in [9.17, 15) is 14.9 Å². The molecule has 0 atom stereocenters. The summed E-state index contributed by atoms with van der Waals surface area (Å²) in [5.74, 6) is -0.291. The molecule has 0 aliphatic rings. The van der Waals surface area contributed by atoms with E-state index in [0.717, 1.165) is 11.3 Å². The Hall–Kier alpha value is -1.43. The van der Waals surface area contributed by atoms with Crippen LogP contribution in [-0.2, 0) is 0 Å². The van der Waals surface area contributed by atoms with E-state index in [1.54, 1.807) is 6.92 Å². The fourth-order valence-electron chi connectivity index (χ4n) is 0.889. The van der Waals surface area contributed by atoms with Crippen molar-refractivity contribution in [2.24, 2.45) is 0 Å². The Morgan fingerprint density at radius 3 is 2.69 bits per heavy atom. The van der Waals surface area contributed by atoms with Crippen LogP contribution < -0.4 is 5.32 Å². The van der Waals surface area contributed by atoms with Gasteiger partial charge in [-0.05, 0) is 6.92 Å². The lowest BCUT2D eigenvalue weighted by Gasteiger charge is -1.90. The maximum atomic E-state index is 11.1. The van der Waals surface area contributed by atoms with Crippen molar-refractivity contribution in [2.45, 2.75) is 6.92 Å². The molecule has 0 unspecified atom stereocenters. The number of nitrogens with zero attached hydrogens (tertiary/aromatic N) is 1. The summed E-state index contributed by atoms with van der Waals surface area (Å²) in [6.45, 7) is 1.62. The zero-order chi connectivity index (χ0) is 10.0. The zero-order valence-electron chi connectivity index (χ0n) is 7.16. The molecule has 0 saturated heterocycles. The van der Waals surface area contributed by atoms with Crippen molar-refractivity contribution >= 4 is 22.9 Å². The van der Waals surface area contributed by atoms with E-state index in [-0.39, 0.29) is 11.6 Å². The summed E-state index contributed by atoms with van der Waals surface area (Å²) in [5.41, 5.74) is 0.00333. The van der Waals surface area contributed by atoms with Gasteiger partial charge in [-0.2, -0.15) is 0 Å². The lowest BCUT2D eigenvalue weighted by molar-refractivity contribution is -0.385. The molecule has 0 aliphatic heterocycles. The van der Waals surface area contributed by atoms with Crippen LogP contribution in [0.3, 0.4) is 0 Å². The van der Waals surface area contributed by atoms with Crippen molar-refractivity contribution in [3.8, 4) is 0 Å². The van der Waals surface area contributed by atoms with Gasteiger partial charge in [-0.25, -0.2) is 0 Å². The highest BCUT2D eigenvalue weighted by Crippen LogP contribution is 2.27. The Labute approximate surface area is 78.5 Å². The number of amides is 1. The van der Waals surface area contributed by atoms with Crippen LogP contribution in [0.25, 0.3) is 0 Å². The van der Waals surface area contributed by atoms with Gasteiger partial charge < -0.3 is 5.32 Å². The van der Waals surface area contributed by atoms with Crippen molar-refractivity contribution in [1.82, 2.24) is 5.32 Å². The third kappa shape index (κ3) is 1.83. The molecule has 0 fully saturated rings. The molecule has 1 aromatic heterocycles. The second-order valence-electron chi connectivity index (χ2n) is 2.39. The minimum absolute atomic E-state index is 0.00333. The molecule has 0 spiro atoms. The van der Waals surface area contributed by atoms with Crippen molar-refractivity contribution in [3.63, 3.8) is 0 Å². The van der Waals surface area contributed by atoms with Gasteiger partial charge in [-0.3, -0.25) is 14.9 Å². The lowest BCUT2D eigenvalue weighted by Crippen LogP contribution is -2.16. The van der Waals surface area contributed by atoms with Crippen LogP contribution in [0.5, 0.6) is 0 Å². The van der Waals surface area contributed by atoms with Gasteiger partial charge in [-0.15, -0.1) is 11.3 Å². The molecule has 1 rings (SSSR count). The second-order valence-corrected chi connectivity index (χ2v) is 3.64. The highest BCUT2D eigenvalue weighted by Gasteiger charge is 2.18. The fourth-order valence-corrected chi connectivity index (χ4v) is 1.82. The van der Waals surface area contributed by atoms with Crippen LogP contribution in [0, 0.1) is 17.0 Å². The molecule has 70 valence electrons. The summed E-state index contributed by atoms with van der Waals surface area (Å²) in [5, 5.41) is 12.8. The van der Waals surface area contributed by atoms with Gasteiger partial charge in [0, 0.05) is 13.1 Å². The van der Waals surface area contributed by atoms with Gasteiger partial charge in [-0.1, -0.05) is 0 Å². The van der Waals surface area contributed by atoms with Crippen LogP contribution >= 0.6 is 11.3 Å². The van der Waals surface area contributed by atoms with E-state index in [1.807, 2.05) is 0 Å². The maximum absolute atomic E-state index is 11.1. The molecule has 0 saturated carbocycles. The number of carbonyl (C=O) groups excluding carboxylic acids is 1. The number of nitro groups is 1. The van der Waals surface area contributed by atoms with Crippen molar-refractivity contribution < 1.29 is 9.72 Å². The number of carbonyl (C=O) groups is 1. The minimum Gasteiger partial charge on any atom is -0.354 e. The third-order valence-electron chi connectivity index (χ3n) is 1.54. The SMILES string of the molecule is CNC(=O)c1cc([N+](=O)[O-])c(C)s1. The number of nitrogens with one attached hydrogen (secondary N) is 1. The Bertz CT molecular complexity index is 359. The van der Waals surface area contributed by atoms with Gasteiger partial charge >= 0.3 is 0 Å². The van der Waals surface area contributed by atoms with E-state index in [0.29, 0.717) is 9.75 Å². The van der Waals surface area contributed by atoms with Gasteiger partial charge in [0.05, 0.1) is 14.7 Å². The summed E-state index contributed by atoms with van der Waals surface area (Å²) < 4.78 is 0. The van der Waals surface area contributed by atoms with Gasteiger partial charge in [0.15, 0.2) is 0 Å². The van der Waals surface area contributed by atoms with Crippen LogP contribution in [-0.4, -0.2) is 17.9 Å². The standard InChI is InChI=1S/C7H8N2O3S/c1-4-5(9(11)12)3-6(13-4)7(10)8-2/h3H,1-2H3,(H,8,10). The second kappa shape index (κ2) is 3.53. The monoisotopic (exact) mass is 200 g/mol. The van der Waals surface area contributed by atoms with E-state index in [2.05, 4.69) is 5.32 Å². The average Bonchev–Trinajstić information content (AvgIpc) is 2.46. The Kier molecular flexibility index (Phi) is 2.62. The molecule has 0 bridgehead atoms. The number of hydrogen-bond acceptors (Lipinski definition) is 4. The summed E-state index contributed by atoms with van der Waals surface area (Å²) in [6, 6.07) is 1.29. The lowest BCUT2D eigenvalue weighted by atomic mass is 10.3. The molecule has 0 aliphatic carbocycles. The molecule has 5 nitrogen and oxygen atoms in total. The van der Waals surface area contributed by atoms with Crippen molar-refractivity contribution in [1.29, 1.82) is 0 Å². The molecule has 1 amide bonds. The van der Waals surface area contributed by atoms with E-state index in [4.69, 9.17) is 0 Å². The Balaban J connectivity index is 3.09. The first-order valence-electron chi connectivity index (χ1n) is 3.53. The van der Waals surface area contributed by atoms with Gasteiger partial charge in [0.2, 0.25) is 0 Å². The van der Waals surface area contributed by atoms with E-state index < -0.39 is 4.92 Å². The first-order valence-corrected chi connectivity index (χ1v) is 4.34. The van der Waals surface area contributed by atoms with Gasteiger partial charge in [0.25, 0.3) is 11.6 Å². The number of aryl methyl sites for hydroxylation is 1. The highest BCUT2D eigenvalue weighted by molar-refractivity contribution is 7.14. The van der Waals surface area contributed by atoms with E-state index >= 15 is 0 Å². The largest absolute Gasteiger partial charge is 0.354 e. The number of rotatable bonds is 2. The molecule has 1 N–H and O–H groups in total. The Morgan fingerprint density at radius 2 is 2.31 bits per heavy atom. The smallest absolute Gasteiger partial charge is 0.283 e. The van der Waals surface area contributed by atoms with E-state index in [1.165, 1.54) is 13.1 Å². The molecule has 0 radical (unpaired) electrons. The quantitative estimate of drug-likeness (QED) is 0.578. The zero-order valence-corrected chi connectivity index (χ0v) is 7.97. The molecule has 6 heteroatoms. The summed E-state index contributed by atoms with van der Waals surface area (Å²) in [7, 11) is 1.49. The van der Waals surface area contributed by atoms with Gasteiger partial charge in [0.1, 0.15) is 0 Å². The molecule has 1 aromatic rings. The predicted octanol–water partition coefficient (Wildman–Crippen LogP) is 1.32. The number of hydrogen-bond donors (Lipinski definition) is 1. The first-order chi connectivity index (χ1) is 6.06. The molecule has 1 heterocycles. The summed E-state index contributed by atoms with van der Waals surface area (Å²) in [4.78, 5) is 21.9. The van der Waals surface area contributed by atoms with Crippen molar-refractivity contribution in [3.05, 3.63) is 25.9 Å². The minimum atomic E-state index is -0.488. The van der Waals surface area contributed by atoms with Crippen LogP contribution in [0.1, 0.15) is 14.5 Å². The third-order valence-corrected chi connectivity index (χ3v) is 2.58. The predicted molar refractivity (Wildman–Crippen MR) is 49.1 cm³/mol. The van der Waals surface area contributed by atoms with Crippen LogP contribution in [0.4, 0.5) is 5.69 Å². The molecule has 13 heavy (non-hydrogen) atoms. The maximum Gasteiger partial charge on any atom is 0.283 e. The summed E-state index contributed by atoms with van der Waals surface area (Å²) >= 11 is 1.12. The fraction of sp³-hybridized carbons (Fsp3) is 0.286. The first kappa shape index (κ1) is 9.66.